The van der Waals surface area contributed by atoms with Crippen LogP contribution in [0.3, 0.4) is 0 Å². The van der Waals surface area contributed by atoms with E-state index in [1.807, 2.05) is 42.5 Å². The molecule has 8 nitrogen and oxygen atoms in total. The van der Waals surface area contributed by atoms with Gasteiger partial charge in [0.1, 0.15) is 25.0 Å². The number of benzene rings is 3. The first-order valence-corrected chi connectivity index (χ1v) is 12.5. The van der Waals surface area contributed by atoms with E-state index in [4.69, 9.17) is 19.9 Å². The third-order valence-electron chi connectivity index (χ3n) is 6.09. The Morgan fingerprint density at radius 3 is 2.49 bits per heavy atom. The van der Waals surface area contributed by atoms with Crippen molar-refractivity contribution in [3.8, 4) is 5.75 Å². The molecule has 0 spiro atoms. The van der Waals surface area contributed by atoms with Crippen LogP contribution in [-0.2, 0) is 27.4 Å². The van der Waals surface area contributed by atoms with E-state index in [9.17, 15) is 9.59 Å². The molecule has 0 unspecified atom stereocenters. The van der Waals surface area contributed by atoms with Crippen molar-refractivity contribution >= 4 is 17.7 Å². The number of carbonyl (C=O) groups is 2. The molecule has 4 N–H and O–H groups in total. The van der Waals surface area contributed by atoms with Gasteiger partial charge in [0.05, 0.1) is 6.10 Å². The Balaban J connectivity index is 1.44. The Morgan fingerprint density at radius 1 is 0.973 bits per heavy atom. The van der Waals surface area contributed by atoms with E-state index in [1.54, 1.807) is 36.4 Å². The van der Waals surface area contributed by atoms with Gasteiger partial charge in [0.25, 0.3) is 5.91 Å². The maximum absolute atomic E-state index is 13.3. The molecule has 0 radical (unpaired) electrons. The van der Waals surface area contributed by atoms with Gasteiger partial charge in [-0.1, -0.05) is 54.6 Å². The normalized spacial score (nSPS) is 15.9. The first-order valence-electron chi connectivity index (χ1n) is 12.5. The van der Waals surface area contributed by atoms with Gasteiger partial charge in [0.15, 0.2) is 0 Å². The highest BCUT2D eigenvalue weighted by Gasteiger charge is 2.24. The predicted octanol–water partition coefficient (Wildman–Crippen LogP) is 4.70. The minimum absolute atomic E-state index is 0.0928. The predicted molar refractivity (Wildman–Crippen MR) is 141 cm³/mol. The summed E-state index contributed by atoms with van der Waals surface area (Å²) in [5.41, 5.74) is 8.63. The average molecular weight is 504 g/mol. The van der Waals surface area contributed by atoms with E-state index in [1.165, 1.54) is 0 Å². The van der Waals surface area contributed by atoms with Crippen molar-refractivity contribution in [2.24, 2.45) is 5.73 Å². The molecule has 1 heterocycles. The van der Waals surface area contributed by atoms with Crippen LogP contribution in [-0.4, -0.2) is 31.3 Å². The molecule has 0 aliphatic carbocycles. The van der Waals surface area contributed by atoms with Gasteiger partial charge in [-0.15, -0.1) is 0 Å². The van der Waals surface area contributed by atoms with Crippen molar-refractivity contribution in [3.63, 3.8) is 0 Å². The van der Waals surface area contributed by atoms with E-state index in [-0.39, 0.29) is 12.7 Å². The zero-order valence-corrected chi connectivity index (χ0v) is 20.7. The zero-order chi connectivity index (χ0) is 25.9. The van der Waals surface area contributed by atoms with E-state index in [0.29, 0.717) is 30.2 Å². The lowest BCUT2D eigenvalue weighted by Crippen LogP contribution is -2.37. The minimum Gasteiger partial charge on any atom is -0.491 e. The van der Waals surface area contributed by atoms with Crippen molar-refractivity contribution in [3.05, 3.63) is 95.6 Å². The van der Waals surface area contributed by atoms with Crippen LogP contribution in [0.1, 0.15) is 42.0 Å². The Hall–Kier alpha value is -3.88. The summed E-state index contributed by atoms with van der Waals surface area (Å²) in [5, 5.41) is 5.56. The highest BCUT2D eigenvalue weighted by Crippen LogP contribution is 2.22. The number of nitrogens with one attached hydrogen (secondary N) is 2. The van der Waals surface area contributed by atoms with Gasteiger partial charge >= 0.3 is 6.09 Å². The molecule has 194 valence electrons. The number of amides is 2. The van der Waals surface area contributed by atoms with Crippen LogP contribution in [0.2, 0.25) is 0 Å². The molecule has 1 aliphatic heterocycles. The lowest BCUT2D eigenvalue weighted by Gasteiger charge is -2.23. The molecule has 1 fully saturated rings. The van der Waals surface area contributed by atoms with Crippen LogP contribution < -0.4 is 21.1 Å². The molecule has 0 bridgehead atoms. The average Bonchev–Trinajstić information content (AvgIpc) is 2.95. The third kappa shape index (κ3) is 8.06. The quantitative estimate of drug-likeness (QED) is 0.370. The molecule has 2 atom stereocenters. The van der Waals surface area contributed by atoms with Gasteiger partial charge in [0, 0.05) is 18.8 Å². The molecular weight excluding hydrogens is 470 g/mol. The molecule has 2 amide bonds. The number of carbonyl (C=O) groups excluding carboxylic acids is 2. The molecule has 1 aliphatic rings. The second-order valence-corrected chi connectivity index (χ2v) is 8.90. The summed E-state index contributed by atoms with van der Waals surface area (Å²) in [5.74, 6) is 0.259. The van der Waals surface area contributed by atoms with Crippen molar-refractivity contribution < 1.29 is 23.8 Å². The highest BCUT2D eigenvalue weighted by atomic mass is 16.5. The smallest absolute Gasteiger partial charge is 0.408 e. The molecule has 4 rings (SSSR count). The van der Waals surface area contributed by atoms with E-state index in [2.05, 4.69) is 10.6 Å². The lowest BCUT2D eigenvalue weighted by atomic mass is 10.1. The molecule has 37 heavy (non-hydrogen) atoms. The summed E-state index contributed by atoms with van der Waals surface area (Å²) in [6.45, 7) is 1.69. The molecule has 8 heteroatoms. The first kappa shape index (κ1) is 26.2. The lowest BCUT2D eigenvalue weighted by molar-refractivity contribution is -0.118. The van der Waals surface area contributed by atoms with Crippen LogP contribution >= 0.6 is 0 Å². The van der Waals surface area contributed by atoms with Crippen molar-refractivity contribution in [1.29, 1.82) is 0 Å². The maximum atomic E-state index is 13.3. The van der Waals surface area contributed by atoms with E-state index in [0.717, 1.165) is 37.0 Å². The maximum Gasteiger partial charge on any atom is 0.408 e. The zero-order valence-electron chi connectivity index (χ0n) is 20.7. The Labute approximate surface area is 217 Å². The molecule has 1 saturated heterocycles. The summed E-state index contributed by atoms with van der Waals surface area (Å²) in [6, 6.07) is 22.7. The molecule has 0 saturated carbocycles. The minimum atomic E-state index is -0.986. The Bertz CT molecular complexity index is 1150. The standard InChI is InChI=1S/C29H33N3O5/c30-18-22-9-6-10-24(17-22)31-28(33)27(32-29(34)37-19-21-7-2-1-3-8-21)23-12-14-25(15-13-23)36-20-26-11-4-5-16-35-26/h1-3,6-10,12-15,17,26-27H,4-5,11,16,18-20,30H2,(H,31,33)(H,32,34)/t26-,27+/m1/s1. The van der Waals surface area contributed by atoms with Gasteiger partial charge in [0.2, 0.25) is 0 Å². The number of ether oxygens (including phenoxy) is 3. The Morgan fingerprint density at radius 2 is 1.76 bits per heavy atom. The fourth-order valence-corrected chi connectivity index (χ4v) is 4.06. The SMILES string of the molecule is NCc1cccc(NC(=O)[C@@H](NC(=O)OCc2ccccc2)c2ccc(OC[C@H]3CCCCO3)cc2)c1. The number of alkyl carbamates (subject to hydrolysis) is 1. The third-order valence-corrected chi connectivity index (χ3v) is 6.09. The Kier molecular flexibility index (Phi) is 9.51. The largest absolute Gasteiger partial charge is 0.491 e. The fourth-order valence-electron chi connectivity index (χ4n) is 4.06. The number of nitrogens with two attached hydrogens (primary N) is 1. The van der Waals surface area contributed by atoms with Crippen LogP contribution in [0.4, 0.5) is 10.5 Å². The molecule has 3 aromatic carbocycles. The van der Waals surface area contributed by atoms with Gasteiger partial charge in [-0.05, 0) is 60.2 Å². The first-order chi connectivity index (χ1) is 18.1. The van der Waals surface area contributed by atoms with Gasteiger partial charge in [-0.2, -0.15) is 0 Å². The summed E-state index contributed by atoms with van der Waals surface area (Å²) in [4.78, 5) is 25.9. The molecule has 0 aromatic heterocycles. The second kappa shape index (κ2) is 13.4. The topological polar surface area (TPSA) is 112 Å². The van der Waals surface area contributed by atoms with E-state index < -0.39 is 18.0 Å². The van der Waals surface area contributed by atoms with Crippen molar-refractivity contribution in [2.75, 3.05) is 18.5 Å². The van der Waals surface area contributed by atoms with E-state index >= 15 is 0 Å². The van der Waals surface area contributed by atoms with Gasteiger partial charge < -0.3 is 30.6 Å². The summed E-state index contributed by atoms with van der Waals surface area (Å²) in [7, 11) is 0. The summed E-state index contributed by atoms with van der Waals surface area (Å²) < 4.78 is 17.0. The summed E-state index contributed by atoms with van der Waals surface area (Å²) >= 11 is 0. The van der Waals surface area contributed by atoms with Crippen LogP contribution in [0.25, 0.3) is 0 Å². The van der Waals surface area contributed by atoms with Gasteiger partial charge in [-0.3, -0.25) is 4.79 Å². The van der Waals surface area contributed by atoms with Crippen molar-refractivity contribution in [1.82, 2.24) is 5.32 Å². The number of hydrogen-bond acceptors (Lipinski definition) is 6. The second-order valence-electron chi connectivity index (χ2n) is 8.90. The molecular formula is C29H33N3O5. The summed E-state index contributed by atoms with van der Waals surface area (Å²) in [6.07, 6.45) is 2.61. The fraction of sp³-hybridized carbons (Fsp3) is 0.310. The van der Waals surface area contributed by atoms with Crippen LogP contribution in [0.5, 0.6) is 5.75 Å². The molecule has 3 aromatic rings. The number of rotatable bonds is 10. The van der Waals surface area contributed by atoms with Crippen molar-refractivity contribution in [2.45, 2.75) is 44.6 Å². The number of hydrogen-bond donors (Lipinski definition) is 3. The van der Waals surface area contributed by atoms with Crippen LogP contribution in [0, 0.1) is 0 Å². The monoisotopic (exact) mass is 503 g/mol. The number of anilines is 1. The van der Waals surface area contributed by atoms with Gasteiger partial charge in [-0.25, -0.2) is 4.79 Å². The van der Waals surface area contributed by atoms with Crippen LogP contribution in [0.15, 0.2) is 78.9 Å². The highest BCUT2D eigenvalue weighted by molar-refractivity contribution is 5.97.